The number of carbonyl (C=O) groups is 1. The summed E-state index contributed by atoms with van der Waals surface area (Å²) in [6, 6.07) is 17.1. The van der Waals surface area contributed by atoms with E-state index in [1.54, 1.807) is 18.3 Å². The van der Waals surface area contributed by atoms with Gasteiger partial charge in [0.15, 0.2) is 6.61 Å². The van der Waals surface area contributed by atoms with Gasteiger partial charge in [0.2, 0.25) is 5.82 Å². The van der Waals surface area contributed by atoms with Gasteiger partial charge >= 0.3 is 5.97 Å². The number of ether oxygens (including phenoxy) is 1. The van der Waals surface area contributed by atoms with E-state index in [0.29, 0.717) is 22.8 Å². The van der Waals surface area contributed by atoms with Gasteiger partial charge in [-0.2, -0.15) is 4.98 Å². The molecule has 0 saturated carbocycles. The summed E-state index contributed by atoms with van der Waals surface area (Å²) in [5, 5.41) is 4.85. The Hall–Kier alpha value is -3.54. The molecule has 28 heavy (non-hydrogen) atoms. The highest BCUT2D eigenvalue weighted by Crippen LogP contribution is 2.21. The third-order valence-electron chi connectivity index (χ3n) is 4.48. The van der Waals surface area contributed by atoms with E-state index < -0.39 is 5.97 Å². The minimum atomic E-state index is -0.481. The van der Waals surface area contributed by atoms with Gasteiger partial charge in [-0.25, -0.2) is 4.79 Å². The van der Waals surface area contributed by atoms with Crippen LogP contribution in [-0.4, -0.2) is 21.1 Å². The Kier molecular flexibility index (Phi) is 4.85. The lowest BCUT2D eigenvalue weighted by atomic mass is 10.0. The Morgan fingerprint density at radius 2 is 1.86 bits per heavy atom. The van der Waals surface area contributed by atoms with Crippen molar-refractivity contribution in [3.05, 3.63) is 77.8 Å². The van der Waals surface area contributed by atoms with Crippen molar-refractivity contribution in [3.63, 3.8) is 0 Å². The summed E-state index contributed by atoms with van der Waals surface area (Å²) in [6.45, 7) is 4.18. The first-order chi connectivity index (χ1) is 13.6. The predicted octanol–water partition coefficient (Wildman–Crippen LogP) is 4.77. The molecule has 0 spiro atoms. The van der Waals surface area contributed by atoms with Gasteiger partial charge in [0, 0.05) is 17.1 Å². The van der Waals surface area contributed by atoms with Crippen molar-refractivity contribution in [2.45, 2.75) is 26.4 Å². The van der Waals surface area contributed by atoms with Crippen molar-refractivity contribution >= 4 is 16.9 Å². The maximum Gasteiger partial charge on any atom is 0.340 e. The molecule has 4 rings (SSSR count). The second-order valence-electron chi connectivity index (χ2n) is 6.75. The van der Waals surface area contributed by atoms with Gasteiger partial charge in [0.25, 0.3) is 5.89 Å². The molecule has 0 N–H and O–H groups in total. The van der Waals surface area contributed by atoms with E-state index in [0.717, 1.165) is 10.9 Å². The second-order valence-corrected chi connectivity index (χ2v) is 6.75. The number of pyridine rings is 1. The first kappa shape index (κ1) is 17.9. The number of benzene rings is 2. The standard InChI is InChI=1S/C22H19N3O3/c1-14(2)15-8-10-17(11-9-15)21-24-19(28-25-21)13-27-22(26)18-7-3-5-16-6-4-12-23-20(16)18/h3-12,14H,13H2,1-2H3. The molecule has 0 amide bonds. The monoisotopic (exact) mass is 373 g/mol. The number of para-hydroxylation sites is 1. The highest BCUT2D eigenvalue weighted by Gasteiger charge is 2.15. The van der Waals surface area contributed by atoms with Gasteiger partial charge in [-0.15, -0.1) is 0 Å². The van der Waals surface area contributed by atoms with Crippen LogP contribution in [0.2, 0.25) is 0 Å². The van der Waals surface area contributed by atoms with Crippen molar-refractivity contribution in [1.82, 2.24) is 15.1 Å². The molecule has 6 nitrogen and oxygen atoms in total. The predicted molar refractivity (Wildman–Crippen MR) is 105 cm³/mol. The molecule has 2 heterocycles. The molecule has 0 aliphatic heterocycles. The van der Waals surface area contributed by atoms with E-state index in [4.69, 9.17) is 9.26 Å². The maximum atomic E-state index is 12.5. The molecule has 4 aromatic rings. The molecular weight excluding hydrogens is 354 g/mol. The van der Waals surface area contributed by atoms with E-state index >= 15 is 0 Å². The summed E-state index contributed by atoms with van der Waals surface area (Å²) in [5.74, 6) is 0.681. The Balaban J connectivity index is 1.46. The first-order valence-electron chi connectivity index (χ1n) is 9.05. The van der Waals surface area contributed by atoms with Crippen LogP contribution in [0.5, 0.6) is 0 Å². The third-order valence-corrected chi connectivity index (χ3v) is 4.48. The van der Waals surface area contributed by atoms with Gasteiger partial charge in [-0.3, -0.25) is 4.98 Å². The summed E-state index contributed by atoms with van der Waals surface area (Å²) in [6.07, 6.45) is 1.65. The lowest BCUT2D eigenvalue weighted by Gasteiger charge is -2.05. The van der Waals surface area contributed by atoms with Crippen LogP contribution in [0.25, 0.3) is 22.3 Å². The number of hydrogen-bond donors (Lipinski definition) is 0. The number of hydrogen-bond acceptors (Lipinski definition) is 6. The molecule has 2 aromatic carbocycles. The summed E-state index contributed by atoms with van der Waals surface area (Å²) in [7, 11) is 0. The molecule has 0 radical (unpaired) electrons. The molecule has 0 saturated heterocycles. The van der Waals surface area contributed by atoms with E-state index in [-0.39, 0.29) is 12.5 Å². The number of nitrogens with zero attached hydrogens (tertiary/aromatic N) is 3. The smallest absolute Gasteiger partial charge is 0.340 e. The average molecular weight is 373 g/mol. The summed E-state index contributed by atoms with van der Waals surface area (Å²) in [4.78, 5) is 21.0. The fourth-order valence-electron chi connectivity index (χ4n) is 2.92. The summed E-state index contributed by atoms with van der Waals surface area (Å²) < 4.78 is 10.6. The largest absolute Gasteiger partial charge is 0.452 e. The number of carbonyl (C=O) groups excluding carboxylic acids is 1. The molecule has 0 bridgehead atoms. The summed E-state index contributed by atoms with van der Waals surface area (Å²) >= 11 is 0. The van der Waals surface area contributed by atoms with Crippen LogP contribution in [0, 0.1) is 0 Å². The van der Waals surface area contributed by atoms with E-state index in [9.17, 15) is 4.79 Å². The minimum absolute atomic E-state index is 0.0981. The zero-order chi connectivity index (χ0) is 19.5. The van der Waals surface area contributed by atoms with E-state index in [1.165, 1.54) is 5.56 Å². The number of esters is 1. The van der Waals surface area contributed by atoms with Crippen molar-refractivity contribution in [2.75, 3.05) is 0 Å². The Morgan fingerprint density at radius 3 is 2.64 bits per heavy atom. The molecule has 0 aliphatic carbocycles. The summed E-state index contributed by atoms with van der Waals surface area (Å²) in [5.41, 5.74) is 3.10. The Bertz CT molecular complexity index is 1110. The fraction of sp³-hybridized carbons (Fsp3) is 0.182. The molecule has 140 valence electrons. The Labute approximate surface area is 162 Å². The Morgan fingerprint density at radius 1 is 1.07 bits per heavy atom. The number of aromatic nitrogens is 3. The normalized spacial score (nSPS) is 11.1. The van der Waals surface area contributed by atoms with Gasteiger partial charge in [0.05, 0.1) is 11.1 Å². The van der Waals surface area contributed by atoms with E-state index in [1.807, 2.05) is 42.5 Å². The third kappa shape index (κ3) is 3.62. The minimum Gasteiger partial charge on any atom is -0.452 e. The molecular formula is C22H19N3O3. The van der Waals surface area contributed by atoms with Crippen LogP contribution in [0.1, 0.15) is 41.6 Å². The van der Waals surface area contributed by atoms with Crippen molar-refractivity contribution in [2.24, 2.45) is 0 Å². The van der Waals surface area contributed by atoms with Gasteiger partial charge in [-0.05, 0) is 23.6 Å². The molecule has 0 aliphatic rings. The average Bonchev–Trinajstić information content (AvgIpc) is 3.20. The number of fused-ring (bicyclic) bond motifs is 1. The molecule has 6 heteroatoms. The quantitative estimate of drug-likeness (QED) is 0.469. The van der Waals surface area contributed by atoms with Crippen LogP contribution < -0.4 is 0 Å². The number of rotatable bonds is 5. The van der Waals surface area contributed by atoms with Crippen molar-refractivity contribution < 1.29 is 14.1 Å². The molecule has 0 unspecified atom stereocenters. The van der Waals surface area contributed by atoms with Crippen LogP contribution in [0.3, 0.4) is 0 Å². The van der Waals surface area contributed by atoms with Crippen LogP contribution >= 0.6 is 0 Å². The van der Waals surface area contributed by atoms with Crippen molar-refractivity contribution in [1.29, 1.82) is 0 Å². The zero-order valence-corrected chi connectivity index (χ0v) is 15.6. The van der Waals surface area contributed by atoms with Crippen LogP contribution in [0.15, 0.2) is 65.3 Å². The highest BCUT2D eigenvalue weighted by atomic mass is 16.6. The highest BCUT2D eigenvalue weighted by molar-refractivity contribution is 6.02. The maximum absolute atomic E-state index is 12.5. The first-order valence-corrected chi connectivity index (χ1v) is 9.05. The van der Waals surface area contributed by atoms with Gasteiger partial charge in [-0.1, -0.05) is 61.5 Å². The molecule has 0 atom stereocenters. The van der Waals surface area contributed by atoms with Crippen LogP contribution in [-0.2, 0) is 11.3 Å². The molecule has 2 aromatic heterocycles. The van der Waals surface area contributed by atoms with Crippen molar-refractivity contribution in [3.8, 4) is 11.4 Å². The zero-order valence-electron chi connectivity index (χ0n) is 15.6. The lowest BCUT2D eigenvalue weighted by molar-refractivity contribution is 0.0432. The topological polar surface area (TPSA) is 78.1 Å². The van der Waals surface area contributed by atoms with Gasteiger partial charge in [0.1, 0.15) is 0 Å². The van der Waals surface area contributed by atoms with Crippen LogP contribution in [0.4, 0.5) is 0 Å². The van der Waals surface area contributed by atoms with E-state index in [2.05, 4.69) is 29.0 Å². The van der Waals surface area contributed by atoms with Gasteiger partial charge < -0.3 is 9.26 Å². The fourth-order valence-corrected chi connectivity index (χ4v) is 2.92. The lowest BCUT2D eigenvalue weighted by Crippen LogP contribution is -2.06. The second kappa shape index (κ2) is 7.60. The molecule has 0 fully saturated rings. The SMILES string of the molecule is CC(C)c1ccc(-c2noc(COC(=O)c3cccc4cccnc34)n2)cc1.